The molecule has 3 heteroatoms. The van der Waals surface area contributed by atoms with Gasteiger partial charge < -0.3 is 13.9 Å². The number of furan rings is 1. The minimum Gasteiger partial charge on any atom is -0.456 e. The molecule has 10 aromatic rings. The molecule has 2 aromatic heterocycles. The summed E-state index contributed by atoms with van der Waals surface area (Å²) >= 11 is 0. The second kappa shape index (κ2) is 11.0. The lowest BCUT2D eigenvalue weighted by Gasteiger charge is -2.28. The monoisotopic (exact) mass is 626 g/mol. The van der Waals surface area contributed by atoms with Crippen LogP contribution in [0, 0.1) is 0 Å². The van der Waals surface area contributed by atoms with Crippen LogP contribution in [0.15, 0.2) is 186 Å². The Morgan fingerprint density at radius 1 is 0.429 bits per heavy atom. The van der Waals surface area contributed by atoms with Crippen LogP contribution in [0.4, 0.5) is 17.1 Å². The van der Waals surface area contributed by atoms with E-state index in [-0.39, 0.29) is 0 Å². The topological polar surface area (TPSA) is 21.3 Å². The molecule has 0 unspecified atom stereocenters. The Labute approximate surface area is 283 Å². The molecule has 0 saturated carbocycles. The predicted octanol–water partition coefficient (Wildman–Crippen LogP) is 13.0. The molecule has 0 spiro atoms. The lowest BCUT2D eigenvalue weighted by molar-refractivity contribution is 0.669. The fourth-order valence-corrected chi connectivity index (χ4v) is 7.56. The van der Waals surface area contributed by atoms with Gasteiger partial charge in [-0.2, -0.15) is 0 Å². The van der Waals surface area contributed by atoms with E-state index in [1.807, 2.05) is 12.1 Å². The molecule has 0 aliphatic carbocycles. The van der Waals surface area contributed by atoms with Gasteiger partial charge in [0, 0.05) is 49.6 Å². The molecule has 0 radical (unpaired) electrons. The molecule has 0 aliphatic rings. The Morgan fingerprint density at radius 3 is 1.92 bits per heavy atom. The predicted molar refractivity (Wildman–Crippen MR) is 206 cm³/mol. The van der Waals surface area contributed by atoms with Crippen LogP contribution in [-0.4, -0.2) is 4.57 Å². The van der Waals surface area contributed by atoms with Crippen LogP contribution >= 0.6 is 0 Å². The molecule has 8 aromatic carbocycles. The minimum absolute atomic E-state index is 0.883. The highest BCUT2D eigenvalue weighted by Gasteiger charge is 2.21. The second-order valence-corrected chi connectivity index (χ2v) is 12.6. The van der Waals surface area contributed by atoms with E-state index in [2.05, 4.69) is 179 Å². The normalized spacial score (nSPS) is 11.7. The minimum atomic E-state index is 0.883. The van der Waals surface area contributed by atoms with E-state index in [0.29, 0.717) is 0 Å². The van der Waals surface area contributed by atoms with Crippen molar-refractivity contribution in [2.75, 3.05) is 4.90 Å². The Balaban J connectivity index is 1.29. The van der Waals surface area contributed by atoms with Gasteiger partial charge >= 0.3 is 0 Å². The molecule has 10 rings (SSSR count). The molecule has 0 fully saturated rings. The van der Waals surface area contributed by atoms with E-state index in [0.717, 1.165) is 50.3 Å². The van der Waals surface area contributed by atoms with E-state index in [1.165, 1.54) is 38.1 Å². The summed E-state index contributed by atoms with van der Waals surface area (Å²) in [6, 6.07) is 65.1. The van der Waals surface area contributed by atoms with Crippen molar-refractivity contribution < 1.29 is 4.42 Å². The number of hydrogen-bond acceptors (Lipinski definition) is 2. The fraction of sp³-hybridized carbons (Fsp3) is 0. The lowest BCUT2D eigenvalue weighted by Crippen LogP contribution is -2.11. The molecular formula is C46H30N2O. The molecule has 0 N–H and O–H groups in total. The Morgan fingerprint density at radius 2 is 1.06 bits per heavy atom. The molecule has 230 valence electrons. The molecule has 3 nitrogen and oxygen atoms in total. The summed E-state index contributed by atoms with van der Waals surface area (Å²) < 4.78 is 8.68. The number of benzene rings is 8. The maximum absolute atomic E-state index is 6.26. The standard InChI is InChI=1S/C46H30N2O/c1-3-13-31(14-4-1)36-17-7-10-20-42(36)47(35-26-28-45-41(30-35)38-19-9-12-22-44(38)49-45)34-25-23-32-24-27-39-37-18-8-11-21-43(37)48(46(39)40(32)29-34)33-15-5-2-6-16-33/h1-30H. The largest absolute Gasteiger partial charge is 0.456 e. The van der Waals surface area contributed by atoms with Crippen molar-refractivity contribution in [2.24, 2.45) is 0 Å². The molecule has 2 heterocycles. The number of anilines is 3. The summed E-state index contributed by atoms with van der Waals surface area (Å²) in [5.74, 6) is 0. The fourth-order valence-electron chi connectivity index (χ4n) is 7.56. The number of rotatable bonds is 5. The van der Waals surface area contributed by atoms with Crippen molar-refractivity contribution >= 4 is 71.6 Å². The van der Waals surface area contributed by atoms with Crippen LogP contribution < -0.4 is 4.90 Å². The van der Waals surface area contributed by atoms with Crippen LogP contribution in [0.1, 0.15) is 0 Å². The number of fused-ring (bicyclic) bond motifs is 8. The van der Waals surface area contributed by atoms with Crippen LogP contribution in [-0.2, 0) is 0 Å². The molecule has 0 saturated heterocycles. The van der Waals surface area contributed by atoms with Gasteiger partial charge in [0.05, 0.1) is 16.7 Å². The van der Waals surface area contributed by atoms with Gasteiger partial charge in [0.1, 0.15) is 11.2 Å². The molecule has 0 atom stereocenters. The maximum Gasteiger partial charge on any atom is 0.135 e. The third-order valence-electron chi connectivity index (χ3n) is 9.76. The first-order chi connectivity index (χ1) is 24.3. The summed E-state index contributed by atoms with van der Waals surface area (Å²) in [4.78, 5) is 2.40. The van der Waals surface area contributed by atoms with Crippen LogP contribution in [0.25, 0.3) is 71.3 Å². The van der Waals surface area contributed by atoms with Gasteiger partial charge in [-0.1, -0.05) is 121 Å². The third-order valence-corrected chi connectivity index (χ3v) is 9.76. The van der Waals surface area contributed by atoms with E-state index in [4.69, 9.17) is 4.42 Å². The summed E-state index contributed by atoms with van der Waals surface area (Å²) in [5, 5.41) is 7.10. The Bertz CT molecular complexity index is 2830. The van der Waals surface area contributed by atoms with Gasteiger partial charge in [-0.3, -0.25) is 0 Å². The highest BCUT2D eigenvalue weighted by Crippen LogP contribution is 2.45. The van der Waals surface area contributed by atoms with E-state index < -0.39 is 0 Å². The SMILES string of the molecule is c1ccc(-c2ccccc2N(c2ccc3oc4ccccc4c3c2)c2ccc3ccc4c5ccccc5n(-c5ccccc5)c4c3c2)cc1. The van der Waals surface area contributed by atoms with Crippen LogP contribution in [0.5, 0.6) is 0 Å². The van der Waals surface area contributed by atoms with Gasteiger partial charge in [-0.25, -0.2) is 0 Å². The molecule has 49 heavy (non-hydrogen) atoms. The van der Waals surface area contributed by atoms with Gasteiger partial charge in [0.25, 0.3) is 0 Å². The average molecular weight is 627 g/mol. The zero-order valence-electron chi connectivity index (χ0n) is 26.6. The summed E-state index contributed by atoms with van der Waals surface area (Å²) in [6.45, 7) is 0. The van der Waals surface area contributed by atoms with Crippen LogP contribution in [0.3, 0.4) is 0 Å². The number of aromatic nitrogens is 1. The highest BCUT2D eigenvalue weighted by molar-refractivity contribution is 6.19. The van der Waals surface area contributed by atoms with Gasteiger partial charge in [0.15, 0.2) is 0 Å². The first kappa shape index (κ1) is 27.5. The van der Waals surface area contributed by atoms with Gasteiger partial charge in [-0.15, -0.1) is 0 Å². The van der Waals surface area contributed by atoms with E-state index in [9.17, 15) is 0 Å². The summed E-state index contributed by atoms with van der Waals surface area (Å²) in [7, 11) is 0. The molecular weight excluding hydrogens is 597 g/mol. The highest BCUT2D eigenvalue weighted by atomic mass is 16.3. The lowest BCUT2D eigenvalue weighted by atomic mass is 10.0. The van der Waals surface area contributed by atoms with Crippen LogP contribution in [0.2, 0.25) is 0 Å². The van der Waals surface area contributed by atoms with Gasteiger partial charge in [-0.05, 0) is 71.6 Å². The quantitative estimate of drug-likeness (QED) is 0.190. The molecule has 0 aliphatic heterocycles. The molecule has 0 amide bonds. The van der Waals surface area contributed by atoms with E-state index in [1.54, 1.807) is 0 Å². The average Bonchev–Trinajstić information content (AvgIpc) is 3.72. The first-order valence-electron chi connectivity index (χ1n) is 16.7. The van der Waals surface area contributed by atoms with Crippen molar-refractivity contribution in [3.8, 4) is 16.8 Å². The smallest absolute Gasteiger partial charge is 0.135 e. The maximum atomic E-state index is 6.26. The Kier molecular flexibility index (Phi) is 6.18. The third kappa shape index (κ3) is 4.37. The van der Waals surface area contributed by atoms with Crippen molar-refractivity contribution in [2.45, 2.75) is 0 Å². The zero-order valence-corrected chi connectivity index (χ0v) is 26.6. The van der Waals surface area contributed by atoms with E-state index >= 15 is 0 Å². The van der Waals surface area contributed by atoms with Crippen molar-refractivity contribution in [3.63, 3.8) is 0 Å². The van der Waals surface area contributed by atoms with Gasteiger partial charge in [0.2, 0.25) is 0 Å². The summed E-state index contributed by atoms with van der Waals surface area (Å²) in [6.07, 6.45) is 0. The number of para-hydroxylation sites is 4. The van der Waals surface area contributed by atoms with Crippen molar-refractivity contribution in [3.05, 3.63) is 182 Å². The Hall–Kier alpha value is -6.58. The van der Waals surface area contributed by atoms with Crippen molar-refractivity contribution in [1.29, 1.82) is 0 Å². The van der Waals surface area contributed by atoms with Crippen molar-refractivity contribution in [1.82, 2.24) is 4.57 Å². The first-order valence-corrected chi connectivity index (χ1v) is 16.7. The molecule has 0 bridgehead atoms. The summed E-state index contributed by atoms with van der Waals surface area (Å²) in [5.41, 5.74) is 10.9. The number of hydrogen-bond donors (Lipinski definition) is 0. The zero-order chi connectivity index (χ0) is 32.3. The number of nitrogens with zero attached hydrogens (tertiary/aromatic N) is 2. The second-order valence-electron chi connectivity index (χ2n) is 12.6.